The highest BCUT2D eigenvalue weighted by molar-refractivity contribution is 5.23. The second kappa shape index (κ2) is 5.07. The summed E-state index contributed by atoms with van der Waals surface area (Å²) in [4.78, 5) is 4.00. The Labute approximate surface area is 101 Å². The van der Waals surface area contributed by atoms with Crippen LogP contribution < -0.4 is 11.3 Å². The van der Waals surface area contributed by atoms with Crippen molar-refractivity contribution in [3.05, 3.63) is 47.5 Å². The third-order valence-corrected chi connectivity index (χ3v) is 3.04. The van der Waals surface area contributed by atoms with Gasteiger partial charge in [-0.05, 0) is 31.0 Å². The minimum atomic E-state index is 0.0751. The molecule has 0 saturated heterocycles. The first kappa shape index (κ1) is 11.8. The lowest BCUT2D eigenvalue weighted by Gasteiger charge is -2.15. The van der Waals surface area contributed by atoms with Crippen LogP contribution in [0.15, 0.2) is 30.7 Å². The van der Waals surface area contributed by atoms with Crippen molar-refractivity contribution >= 4 is 0 Å². The SMILES string of the molecule is Cc1c(C(Cc2ccncc2)NN)cnn1C. The number of hydrogen-bond acceptors (Lipinski definition) is 4. The quantitative estimate of drug-likeness (QED) is 0.605. The first-order valence-corrected chi connectivity index (χ1v) is 5.56. The van der Waals surface area contributed by atoms with E-state index in [4.69, 9.17) is 5.84 Å². The summed E-state index contributed by atoms with van der Waals surface area (Å²) in [6.07, 6.45) is 6.27. The number of nitrogens with zero attached hydrogens (tertiary/aromatic N) is 3. The van der Waals surface area contributed by atoms with Crippen LogP contribution in [0.5, 0.6) is 0 Å². The van der Waals surface area contributed by atoms with E-state index in [1.54, 1.807) is 12.4 Å². The fourth-order valence-electron chi connectivity index (χ4n) is 1.87. The van der Waals surface area contributed by atoms with Crippen molar-refractivity contribution < 1.29 is 0 Å². The van der Waals surface area contributed by atoms with E-state index >= 15 is 0 Å². The topological polar surface area (TPSA) is 68.8 Å². The maximum absolute atomic E-state index is 5.63. The van der Waals surface area contributed by atoms with Crippen LogP contribution in [0.4, 0.5) is 0 Å². The molecule has 0 bridgehead atoms. The Morgan fingerprint density at radius 3 is 2.65 bits per heavy atom. The Morgan fingerprint density at radius 1 is 1.41 bits per heavy atom. The van der Waals surface area contributed by atoms with Gasteiger partial charge in [-0.25, -0.2) is 0 Å². The molecule has 2 aromatic rings. The van der Waals surface area contributed by atoms with Gasteiger partial charge in [0.05, 0.1) is 12.2 Å². The van der Waals surface area contributed by atoms with Gasteiger partial charge < -0.3 is 0 Å². The lowest BCUT2D eigenvalue weighted by atomic mass is 10.0. The van der Waals surface area contributed by atoms with E-state index in [-0.39, 0.29) is 6.04 Å². The number of hydrogen-bond donors (Lipinski definition) is 2. The number of rotatable bonds is 4. The Hall–Kier alpha value is -1.72. The largest absolute Gasteiger partial charge is 0.273 e. The van der Waals surface area contributed by atoms with E-state index < -0.39 is 0 Å². The molecule has 0 saturated carbocycles. The standard InChI is InChI=1S/C12H17N5/c1-9-11(8-15-17(9)2)12(16-13)7-10-3-5-14-6-4-10/h3-6,8,12,16H,7,13H2,1-2H3. The molecule has 0 fully saturated rings. The molecule has 5 nitrogen and oxygen atoms in total. The maximum Gasteiger partial charge on any atom is 0.0540 e. The molecule has 0 amide bonds. The zero-order chi connectivity index (χ0) is 12.3. The van der Waals surface area contributed by atoms with E-state index in [0.29, 0.717) is 0 Å². The molecule has 0 spiro atoms. The van der Waals surface area contributed by atoms with Crippen molar-refractivity contribution in [2.45, 2.75) is 19.4 Å². The van der Waals surface area contributed by atoms with Crippen molar-refractivity contribution in [3.63, 3.8) is 0 Å². The van der Waals surface area contributed by atoms with Gasteiger partial charge in [-0.15, -0.1) is 0 Å². The van der Waals surface area contributed by atoms with Crippen LogP contribution in [0.25, 0.3) is 0 Å². The van der Waals surface area contributed by atoms with Gasteiger partial charge in [0.2, 0.25) is 0 Å². The van der Waals surface area contributed by atoms with Crippen molar-refractivity contribution in [1.82, 2.24) is 20.2 Å². The third-order valence-electron chi connectivity index (χ3n) is 3.04. The lowest BCUT2D eigenvalue weighted by molar-refractivity contribution is 0.547. The molecule has 2 rings (SSSR count). The van der Waals surface area contributed by atoms with Gasteiger partial charge in [0.15, 0.2) is 0 Å². The van der Waals surface area contributed by atoms with Crippen LogP contribution in [0.2, 0.25) is 0 Å². The summed E-state index contributed by atoms with van der Waals surface area (Å²) < 4.78 is 1.85. The molecule has 0 aliphatic carbocycles. The van der Waals surface area contributed by atoms with Gasteiger partial charge in [0, 0.05) is 30.7 Å². The molecule has 17 heavy (non-hydrogen) atoms. The second-order valence-electron chi connectivity index (χ2n) is 4.09. The van der Waals surface area contributed by atoms with E-state index in [9.17, 15) is 0 Å². The molecule has 0 aliphatic heterocycles. The molecule has 1 unspecified atom stereocenters. The highest BCUT2D eigenvalue weighted by Crippen LogP contribution is 2.20. The molecular formula is C12H17N5. The summed E-state index contributed by atoms with van der Waals surface area (Å²) in [5.74, 6) is 5.63. The summed E-state index contributed by atoms with van der Waals surface area (Å²) in [6, 6.07) is 4.07. The molecule has 2 heterocycles. The summed E-state index contributed by atoms with van der Waals surface area (Å²) in [7, 11) is 1.93. The van der Waals surface area contributed by atoms with Crippen LogP contribution in [0.1, 0.15) is 22.9 Å². The van der Waals surface area contributed by atoms with Crippen LogP contribution in [-0.2, 0) is 13.5 Å². The van der Waals surface area contributed by atoms with Gasteiger partial charge in [0.25, 0.3) is 0 Å². The van der Waals surface area contributed by atoms with Crippen LogP contribution >= 0.6 is 0 Å². The maximum atomic E-state index is 5.63. The fourth-order valence-corrected chi connectivity index (χ4v) is 1.87. The Kier molecular flexibility index (Phi) is 3.51. The smallest absolute Gasteiger partial charge is 0.0540 e. The number of hydrazine groups is 1. The Bertz CT molecular complexity index is 477. The van der Waals surface area contributed by atoms with Gasteiger partial charge in [-0.2, -0.15) is 5.10 Å². The van der Waals surface area contributed by atoms with Gasteiger partial charge >= 0.3 is 0 Å². The molecule has 0 radical (unpaired) electrons. The molecule has 0 aliphatic rings. The summed E-state index contributed by atoms with van der Waals surface area (Å²) >= 11 is 0. The van der Waals surface area contributed by atoms with E-state index in [1.807, 2.05) is 37.0 Å². The first-order valence-electron chi connectivity index (χ1n) is 5.56. The number of nitrogens with one attached hydrogen (secondary N) is 1. The predicted octanol–water partition coefficient (Wildman–Crippen LogP) is 0.871. The number of aromatic nitrogens is 3. The normalized spacial score (nSPS) is 12.6. The Balaban J connectivity index is 2.20. The lowest BCUT2D eigenvalue weighted by Crippen LogP contribution is -2.29. The molecule has 1 atom stereocenters. The Morgan fingerprint density at radius 2 is 2.12 bits per heavy atom. The number of aryl methyl sites for hydroxylation is 1. The van der Waals surface area contributed by atoms with Crippen molar-refractivity contribution in [2.75, 3.05) is 0 Å². The summed E-state index contributed by atoms with van der Waals surface area (Å²) in [6.45, 7) is 2.04. The summed E-state index contributed by atoms with van der Waals surface area (Å²) in [5, 5.41) is 4.24. The molecule has 2 aromatic heterocycles. The fraction of sp³-hybridized carbons (Fsp3) is 0.333. The highest BCUT2D eigenvalue weighted by Gasteiger charge is 2.15. The van der Waals surface area contributed by atoms with Crippen LogP contribution in [-0.4, -0.2) is 14.8 Å². The monoisotopic (exact) mass is 231 g/mol. The molecule has 90 valence electrons. The number of nitrogens with two attached hydrogens (primary N) is 1. The zero-order valence-corrected chi connectivity index (χ0v) is 10.1. The average molecular weight is 231 g/mol. The van der Waals surface area contributed by atoms with E-state index in [2.05, 4.69) is 15.5 Å². The minimum absolute atomic E-state index is 0.0751. The molecule has 3 N–H and O–H groups in total. The van der Waals surface area contributed by atoms with Crippen molar-refractivity contribution in [3.8, 4) is 0 Å². The van der Waals surface area contributed by atoms with Crippen molar-refractivity contribution in [1.29, 1.82) is 0 Å². The second-order valence-corrected chi connectivity index (χ2v) is 4.09. The minimum Gasteiger partial charge on any atom is -0.273 e. The van der Waals surface area contributed by atoms with Crippen LogP contribution in [0.3, 0.4) is 0 Å². The predicted molar refractivity (Wildman–Crippen MR) is 66.0 cm³/mol. The van der Waals surface area contributed by atoms with Gasteiger partial charge in [-0.3, -0.25) is 20.9 Å². The zero-order valence-electron chi connectivity index (χ0n) is 10.1. The highest BCUT2D eigenvalue weighted by atomic mass is 15.3. The van der Waals surface area contributed by atoms with Gasteiger partial charge in [0.1, 0.15) is 0 Å². The van der Waals surface area contributed by atoms with E-state index in [1.165, 1.54) is 5.56 Å². The molecular weight excluding hydrogens is 214 g/mol. The molecule has 5 heteroatoms. The molecule has 0 aromatic carbocycles. The third kappa shape index (κ3) is 2.51. The van der Waals surface area contributed by atoms with Crippen LogP contribution in [0, 0.1) is 6.92 Å². The van der Waals surface area contributed by atoms with E-state index in [0.717, 1.165) is 17.7 Å². The first-order chi connectivity index (χ1) is 8.22. The number of pyridine rings is 1. The van der Waals surface area contributed by atoms with Gasteiger partial charge in [-0.1, -0.05) is 0 Å². The van der Waals surface area contributed by atoms with Crippen molar-refractivity contribution in [2.24, 2.45) is 12.9 Å². The average Bonchev–Trinajstić information content (AvgIpc) is 2.69. The summed E-state index contributed by atoms with van der Waals surface area (Å²) in [5.41, 5.74) is 6.31.